The fraction of sp³-hybridized carbons (Fsp3) is 0.846. The minimum atomic E-state index is -4.40. The van der Waals surface area contributed by atoms with Crippen LogP contribution in [0.2, 0.25) is 0 Å². The molecule has 516 valence electrons. The molecule has 0 aromatic carbocycles. The van der Waals surface area contributed by atoms with Crippen molar-refractivity contribution < 1.29 is 42.1 Å². The first-order valence-electron chi connectivity index (χ1n) is 38.0. The summed E-state index contributed by atoms with van der Waals surface area (Å²) in [4.78, 5) is 35.9. The van der Waals surface area contributed by atoms with Crippen molar-refractivity contribution in [1.29, 1.82) is 0 Å². The van der Waals surface area contributed by atoms with Crippen LogP contribution in [0.15, 0.2) is 60.8 Å². The normalized spacial score (nSPS) is 13.4. The first-order chi connectivity index (χ1) is 43.0. The van der Waals surface area contributed by atoms with Crippen LogP contribution in [0.1, 0.15) is 373 Å². The number of carbonyl (C=O) groups is 2. The molecular weight excluding hydrogens is 1110 g/mol. The van der Waals surface area contributed by atoms with Crippen LogP contribution in [0.4, 0.5) is 0 Å². The van der Waals surface area contributed by atoms with E-state index in [2.05, 4.69) is 74.6 Å². The molecular formula is C78H147NO8P+. The molecule has 2 atom stereocenters. The van der Waals surface area contributed by atoms with E-state index in [1.165, 1.54) is 263 Å². The number of esters is 2. The smallest absolute Gasteiger partial charge is 0.462 e. The summed E-state index contributed by atoms with van der Waals surface area (Å²) in [6.45, 7) is 4.36. The summed E-state index contributed by atoms with van der Waals surface area (Å²) >= 11 is 0. The zero-order valence-electron chi connectivity index (χ0n) is 59.0. The van der Waals surface area contributed by atoms with Crippen molar-refractivity contribution in [3.05, 3.63) is 60.8 Å². The van der Waals surface area contributed by atoms with E-state index in [0.29, 0.717) is 17.4 Å². The Morgan fingerprint density at radius 2 is 0.648 bits per heavy atom. The predicted octanol–water partition coefficient (Wildman–Crippen LogP) is 24.9. The molecule has 0 rings (SSSR count). The van der Waals surface area contributed by atoms with Crippen molar-refractivity contribution in [2.45, 2.75) is 380 Å². The van der Waals surface area contributed by atoms with E-state index in [9.17, 15) is 19.0 Å². The largest absolute Gasteiger partial charge is 0.472 e. The van der Waals surface area contributed by atoms with Gasteiger partial charge < -0.3 is 18.9 Å². The molecule has 0 aliphatic heterocycles. The number of rotatable bonds is 71. The minimum Gasteiger partial charge on any atom is -0.462 e. The van der Waals surface area contributed by atoms with E-state index < -0.39 is 26.5 Å². The molecule has 0 radical (unpaired) electrons. The molecule has 0 saturated carbocycles. The van der Waals surface area contributed by atoms with Gasteiger partial charge in [-0.3, -0.25) is 18.6 Å². The maximum absolute atomic E-state index is 12.9. The van der Waals surface area contributed by atoms with Crippen molar-refractivity contribution in [1.82, 2.24) is 0 Å². The van der Waals surface area contributed by atoms with Crippen LogP contribution in [0.25, 0.3) is 0 Å². The molecule has 0 amide bonds. The van der Waals surface area contributed by atoms with Gasteiger partial charge in [0.1, 0.15) is 19.8 Å². The van der Waals surface area contributed by atoms with Crippen molar-refractivity contribution >= 4 is 19.8 Å². The Bertz CT molecular complexity index is 1670. The molecule has 2 unspecified atom stereocenters. The lowest BCUT2D eigenvalue weighted by atomic mass is 10.0. The highest BCUT2D eigenvalue weighted by Crippen LogP contribution is 2.43. The van der Waals surface area contributed by atoms with E-state index in [1.54, 1.807) is 0 Å². The van der Waals surface area contributed by atoms with Gasteiger partial charge in [-0.1, -0.05) is 364 Å². The fourth-order valence-corrected chi connectivity index (χ4v) is 12.0. The van der Waals surface area contributed by atoms with Gasteiger partial charge >= 0.3 is 19.8 Å². The van der Waals surface area contributed by atoms with Gasteiger partial charge in [-0.2, -0.15) is 0 Å². The molecule has 9 nitrogen and oxygen atoms in total. The van der Waals surface area contributed by atoms with Crippen LogP contribution in [0.3, 0.4) is 0 Å². The molecule has 0 aliphatic rings. The standard InChI is InChI=1S/C78H146NO8P/c1-6-8-10-12-14-16-18-20-22-24-26-28-30-31-32-33-34-35-36-37-38-39-40-41-42-43-44-45-46-47-49-50-52-54-56-58-60-62-64-66-68-70-77(80)84-74-76(75-86-88(82,83)85-73-72-79(3,4)5)87-78(81)71-69-67-65-63-61-59-57-55-53-51-48-29-27-25-23-21-19-17-15-13-11-9-7-2/h9,11,15,17,21,23,27,29,51,53,76H,6-8,10,12-14,16,18-20,22,24-26,28,30-50,52,54-75H2,1-5H3/p+1/b11-9-,17-15-,23-21-,29-27-,53-51-. The van der Waals surface area contributed by atoms with Gasteiger partial charge in [0.05, 0.1) is 27.7 Å². The van der Waals surface area contributed by atoms with Crippen molar-refractivity contribution in [3.8, 4) is 0 Å². The van der Waals surface area contributed by atoms with E-state index in [-0.39, 0.29) is 32.0 Å². The SMILES string of the molecule is CC/C=C\C/C=C\C/C=C\C/C=C\C/C=C\CCCCCCCCCC(=O)OC(COC(=O)CCCCCCCCCCCCCCCCCCCCCCCCCCCCCCCCCCCCCCCCCCC)COP(=O)(O)OCC[N+](C)(C)C. The summed E-state index contributed by atoms with van der Waals surface area (Å²) in [5.41, 5.74) is 0. The number of likely N-dealkylation sites (N-methyl/N-ethyl adjacent to an activating group) is 1. The van der Waals surface area contributed by atoms with Crippen LogP contribution in [0.5, 0.6) is 0 Å². The number of ether oxygens (including phenoxy) is 2. The van der Waals surface area contributed by atoms with Gasteiger partial charge in [0.15, 0.2) is 6.10 Å². The Morgan fingerprint density at radius 3 is 0.966 bits per heavy atom. The van der Waals surface area contributed by atoms with Gasteiger partial charge in [0.2, 0.25) is 0 Å². The maximum Gasteiger partial charge on any atom is 0.472 e. The van der Waals surface area contributed by atoms with Crippen LogP contribution < -0.4 is 0 Å². The van der Waals surface area contributed by atoms with Gasteiger partial charge in [-0.05, 0) is 57.8 Å². The second-order valence-corrected chi connectivity index (χ2v) is 28.5. The zero-order chi connectivity index (χ0) is 64.1. The lowest BCUT2D eigenvalue weighted by Gasteiger charge is -2.24. The lowest BCUT2D eigenvalue weighted by molar-refractivity contribution is -0.870. The highest BCUT2D eigenvalue weighted by atomic mass is 31.2. The van der Waals surface area contributed by atoms with Gasteiger partial charge in [0.25, 0.3) is 0 Å². The average Bonchev–Trinajstić information content (AvgIpc) is 3.68. The first kappa shape index (κ1) is 85.7. The number of hydrogen-bond acceptors (Lipinski definition) is 7. The maximum atomic E-state index is 12.9. The zero-order valence-corrected chi connectivity index (χ0v) is 59.9. The third kappa shape index (κ3) is 72.8. The molecule has 0 fully saturated rings. The summed E-state index contributed by atoms with van der Waals surface area (Å²) in [5, 5.41) is 0. The second-order valence-electron chi connectivity index (χ2n) is 27.0. The number of hydrogen-bond donors (Lipinski definition) is 1. The molecule has 88 heavy (non-hydrogen) atoms. The predicted molar refractivity (Wildman–Crippen MR) is 381 cm³/mol. The third-order valence-electron chi connectivity index (χ3n) is 17.1. The molecule has 0 heterocycles. The van der Waals surface area contributed by atoms with Crippen LogP contribution in [0, 0.1) is 0 Å². The van der Waals surface area contributed by atoms with Crippen molar-refractivity contribution in [2.75, 3.05) is 47.5 Å². The number of allylic oxidation sites excluding steroid dienone is 10. The molecule has 0 aliphatic carbocycles. The quantitative estimate of drug-likeness (QED) is 0.0211. The molecule has 0 saturated heterocycles. The van der Waals surface area contributed by atoms with Gasteiger partial charge in [0, 0.05) is 12.8 Å². The van der Waals surface area contributed by atoms with Gasteiger partial charge in [-0.15, -0.1) is 0 Å². The van der Waals surface area contributed by atoms with E-state index >= 15 is 0 Å². The van der Waals surface area contributed by atoms with Crippen molar-refractivity contribution in [2.24, 2.45) is 0 Å². The van der Waals surface area contributed by atoms with Crippen LogP contribution >= 0.6 is 7.82 Å². The number of phosphoric acid groups is 1. The summed E-state index contributed by atoms with van der Waals surface area (Å²) < 4.78 is 34.7. The lowest BCUT2D eigenvalue weighted by Crippen LogP contribution is -2.37. The monoisotopic (exact) mass is 1260 g/mol. The first-order valence-corrected chi connectivity index (χ1v) is 39.5. The molecule has 0 bridgehead atoms. The summed E-state index contributed by atoms with van der Waals surface area (Å²) in [6.07, 6.45) is 92.3. The number of unbranched alkanes of at least 4 members (excludes halogenated alkanes) is 47. The Labute approximate surface area is 546 Å². The minimum absolute atomic E-state index is 0.0286. The average molecular weight is 1260 g/mol. The summed E-state index contributed by atoms with van der Waals surface area (Å²) in [6, 6.07) is 0. The Balaban J connectivity index is 3.88. The van der Waals surface area contributed by atoms with Crippen LogP contribution in [-0.2, 0) is 32.7 Å². The number of phosphoric ester groups is 1. The van der Waals surface area contributed by atoms with Crippen LogP contribution in [-0.4, -0.2) is 74.9 Å². The molecule has 0 aromatic rings. The fourth-order valence-electron chi connectivity index (χ4n) is 11.3. The van der Waals surface area contributed by atoms with E-state index in [0.717, 1.165) is 77.0 Å². The van der Waals surface area contributed by atoms with Gasteiger partial charge in [-0.25, -0.2) is 4.57 Å². The summed E-state index contributed by atoms with van der Waals surface area (Å²) in [5.74, 6) is -0.797. The number of carbonyl (C=O) groups excluding carboxylic acids is 2. The van der Waals surface area contributed by atoms with E-state index in [1.807, 2.05) is 21.1 Å². The Morgan fingerprint density at radius 1 is 0.364 bits per heavy atom. The number of nitrogens with zero attached hydrogens (tertiary/aromatic N) is 1. The molecule has 1 N–H and O–H groups in total. The topological polar surface area (TPSA) is 108 Å². The highest BCUT2D eigenvalue weighted by molar-refractivity contribution is 7.47. The molecule has 10 heteroatoms. The third-order valence-corrected chi connectivity index (χ3v) is 18.0. The molecule has 0 spiro atoms. The van der Waals surface area contributed by atoms with Crippen molar-refractivity contribution in [3.63, 3.8) is 0 Å². The van der Waals surface area contributed by atoms with E-state index in [4.69, 9.17) is 18.5 Å². The second kappa shape index (κ2) is 69.1. The number of quaternary nitrogens is 1. The summed E-state index contributed by atoms with van der Waals surface area (Å²) in [7, 11) is 1.48. The Kier molecular flexibility index (Phi) is 67.3. The molecule has 0 aromatic heterocycles. The highest BCUT2D eigenvalue weighted by Gasteiger charge is 2.27. The Hall–Kier alpha value is -2.29.